The van der Waals surface area contributed by atoms with Crippen LogP contribution < -0.4 is 0 Å². The number of nitrogens with zero attached hydrogens (tertiary/aromatic N) is 1. The summed E-state index contributed by atoms with van der Waals surface area (Å²) in [5.41, 5.74) is -0.153. The van der Waals surface area contributed by atoms with Gasteiger partial charge in [-0.2, -0.15) is 0 Å². The highest BCUT2D eigenvalue weighted by molar-refractivity contribution is 6.30. The topological polar surface area (TPSA) is 23.5 Å². The third kappa shape index (κ3) is 2.68. The molecule has 0 aliphatic carbocycles. The van der Waals surface area contributed by atoms with Crippen LogP contribution in [0.2, 0.25) is 5.02 Å². The van der Waals surface area contributed by atoms with Crippen LogP contribution in [0.15, 0.2) is 18.2 Å². The zero-order chi connectivity index (χ0) is 13.3. The van der Waals surface area contributed by atoms with Gasteiger partial charge in [0.05, 0.1) is 10.6 Å². The van der Waals surface area contributed by atoms with E-state index >= 15 is 0 Å². The van der Waals surface area contributed by atoms with Crippen molar-refractivity contribution in [1.29, 1.82) is 0 Å². The molecule has 2 rings (SSSR count). The Hall–Kier alpha value is -0.640. The first kappa shape index (κ1) is 13.8. The van der Waals surface area contributed by atoms with Gasteiger partial charge in [0.1, 0.15) is 5.82 Å². The molecule has 1 aliphatic heterocycles. The summed E-state index contributed by atoms with van der Waals surface area (Å²) < 4.78 is 13.1. The van der Waals surface area contributed by atoms with Crippen molar-refractivity contribution in [2.75, 3.05) is 13.1 Å². The van der Waals surface area contributed by atoms with Crippen molar-refractivity contribution < 1.29 is 9.50 Å². The van der Waals surface area contributed by atoms with Crippen molar-refractivity contribution in [3.05, 3.63) is 34.6 Å². The number of aliphatic hydroxyl groups is 1. The molecule has 1 N–H and O–H groups in total. The molecule has 0 atom stereocenters. The van der Waals surface area contributed by atoms with Crippen LogP contribution >= 0.6 is 11.6 Å². The molecule has 0 bridgehead atoms. The van der Waals surface area contributed by atoms with Crippen LogP contribution in [0.25, 0.3) is 0 Å². The molecule has 18 heavy (non-hydrogen) atoms. The molecule has 0 aromatic heterocycles. The number of halogens is 2. The number of hydrogen-bond donors (Lipinski definition) is 1. The maximum atomic E-state index is 13.1. The van der Waals surface area contributed by atoms with Crippen LogP contribution in [0.1, 0.15) is 32.3 Å². The summed E-state index contributed by atoms with van der Waals surface area (Å²) >= 11 is 5.78. The van der Waals surface area contributed by atoms with E-state index in [1.54, 1.807) is 12.1 Å². The molecule has 2 nitrogen and oxygen atoms in total. The van der Waals surface area contributed by atoms with E-state index in [1.807, 2.05) is 0 Å². The average Bonchev–Trinajstić information content (AvgIpc) is 2.33. The monoisotopic (exact) mass is 271 g/mol. The standard InChI is InChI=1S/C14H19ClFNO/c1-10(2)17-7-5-14(18,6-8-17)11-3-4-13(16)12(15)9-11/h3-4,9-10,18H,5-8H2,1-2H3. The molecule has 0 radical (unpaired) electrons. The van der Waals surface area contributed by atoms with E-state index in [0.717, 1.165) is 18.7 Å². The molecule has 0 spiro atoms. The van der Waals surface area contributed by atoms with Crippen LogP contribution in [0.5, 0.6) is 0 Å². The van der Waals surface area contributed by atoms with Gasteiger partial charge in [0.2, 0.25) is 0 Å². The van der Waals surface area contributed by atoms with Gasteiger partial charge in [-0.15, -0.1) is 0 Å². The normalized spacial score (nSPS) is 20.3. The van der Waals surface area contributed by atoms with Crippen LogP contribution in [-0.4, -0.2) is 29.1 Å². The lowest BCUT2D eigenvalue weighted by atomic mass is 9.84. The second-order valence-electron chi connectivity index (χ2n) is 5.29. The molecule has 1 heterocycles. The summed E-state index contributed by atoms with van der Waals surface area (Å²) in [5, 5.41) is 10.7. The fourth-order valence-electron chi connectivity index (χ4n) is 2.48. The van der Waals surface area contributed by atoms with Gasteiger partial charge in [0.25, 0.3) is 0 Å². The first-order chi connectivity index (χ1) is 8.42. The zero-order valence-corrected chi connectivity index (χ0v) is 11.5. The van der Waals surface area contributed by atoms with Crippen molar-refractivity contribution >= 4 is 11.6 Å². The van der Waals surface area contributed by atoms with Gasteiger partial charge in [-0.3, -0.25) is 0 Å². The van der Waals surface area contributed by atoms with Gasteiger partial charge in [-0.1, -0.05) is 17.7 Å². The molecule has 4 heteroatoms. The molecular formula is C14H19ClFNO. The lowest BCUT2D eigenvalue weighted by molar-refractivity contribution is -0.0324. The first-order valence-corrected chi connectivity index (χ1v) is 6.72. The summed E-state index contributed by atoms with van der Waals surface area (Å²) in [4.78, 5) is 2.33. The maximum absolute atomic E-state index is 13.1. The fourth-order valence-corrected chi connectivity index (χ4v) is 2.67. The molecule has 1 saturated heterocycles. The number of rotatable bonds is 2. The lowest BCUT2D eigenvalue weighted by Gasteiger charge is -2.40. The van der Waals surface area contributed by atoms with Gasteiger partial charge >= 0.3 is 0 Å². The minimum absolute atomic E-state index is 0.0761. The predicted octanol–water partition coefficient (Wildman–Crippen LogP) is 3.17. The van der Waals surface area contributed by atoms with E-state index < -0.39 is 11.4 Å². The second-order valence-corrected chi connectivity index (χ2v) is 5.70. The Bertz CT molecular complexity index is 428. The summed E-state index contributed by atoms with van der Waals surface area (Å²) in [7, 11) is 0. The molecule has 1 aromatic rings. The number of piperidine rings is 1. The Morgan fingerprint density at radius 1 is 1.33 bits per heavy atom. The van der Waals surface area contributed by atoms with E-state index in [0.29, 0.717) is 18.9 Å². The van der Waals surface area contributed by atoms with Crippen LogP contribution in [0.4, 0.5) is 4.39 Å². The Kier molecular flexibility index (Phi) is 3.95. The predicted molar refractivity (Wildman–Crippen MR) is 71.2 cm³/mol. The summed E-state index contributed by atoms with van der Waals surface area (Å²) in [6, 6.07) is 4.99. The van der Waals surface area contributed by atoms with Crippen molar-refractivity contribution in [2.45, 2.75) is 38.3 Å². The van der Waals surface area contributed by atoms with Gasteiger partial charge in [0, 0.05) is 19.1 Å². The van der Waals surface area contributed by atoms with Crippen LogP contribution in [-0.2, 0) is 5.60 Å². The molecule has 100 valence electrons. The molecule has 0 unspecified atom stereocenters. The largest absolute Gasteiger partial charge is 0.385 e. The average molecular weight is 272 g/mol. The van der Waals surface area contributed by atoms with Gasteiger partial charge in [-0.25, -0.2) is 4.39 Å². The van der Waals surface area contributed by atoms with E-state index in [2.05, 4.69) is 18.7 Å². The third-order valence-electron chi connectivity index (χ3n) is 3.81. The van der Waals surface area contributed by atoms with Crippen molar-refractivity contribution in [3.63, 3.8) is 0 Å². The lowest BCUT2D eigenvalue weighted by Crippen LogP contribution is -2.45. The van der Waals surface area contributed by atoms with Crippen molar-refractivity contribution in [1.82, 2.24) is 4.90 Å². The number of hydrogen-bond acceptors (Lipinski definition) is 2. The number of likely N-dealkylation sites (tertiary alicyclic amines) is 1. The Labute approximate surface area is 112 Å². The second kappa shape index (κ2) is 5.16. The van der Waals surface area contributed by atoms with Gasteiger partial charge in [0.15, 0.2) is 0 Å². The Morgan fingerprint density at radius 2 is 1.94 bits per heavy atom. The van der Waals surface area contributed by atoms with E-state index in [1.165, 1.54) is 6.07 Å². The van der Waals surface area contributed by atoms with Crippen LogP contribution in [0, 0.1) is 5.82 Å². The highest BCUT2D eigenvalue weighted by Gasteiger charge is 2.34. The molecule has 1 aliphatic rings. The van der Waals surface area contributed by atoms with Crippen molar-refractivity contribution in [2.24, 2.45) is 0 Å². The minimum atomic E-state index is -0.872. The zero-order valence-electron chi connectivity index (χ0n) is 10.8. The third-order valence-corrected chi connectivity index (χ3v) is 4.10. The van der Waals surface area contributed by atoms with E-state index in [9.17, 15) is 9.50 Å². The van der Waals surface area contributed by atoms with Crippen LogP contribution in [0.3, 0.4) is 0 Å². The van der Waals surface area contributed by atoms with E-state index in [4.69, 9.17) is 11.6 Å². The molecule has 1 aromatic carbocycles. The number of benzene rings is 1. The summed E-state index contributed by atoms with van der Waals surface area (Å²) in [6.45, 7) is 6.00. The quantitative estimate of drug-likeness (QED) is 0.893. The van der Waals surface area contributed by atoms with Gasteiger partial charge in [-0.05, 0) is 44.4 Å². The highest BCUT2D eigenvalue weighted by atomic mass is 35.5. The minimum Gasteiger partial charge on any atom is -0.385 e. The molecule has 0 saturated carbocycles. The molecular weight excluding hydrogens is 253 g/mol. The first-order valence-electron chi connectivity index (χ1n) is 6.34. The maximum Gasteiger partial charge on any atom is 0.141 e. The summed E-state index contributed by atoms with van der Waals surface area (Å²) in [6.07, 6.45) is 1.32. The summed E-state index contributed by atoms with van der Waals surface area (Å²) in [5.74, 6) is -0.441. The van der Waals surface area contributed by atoms with Gasteiger partial charge < -0.3 is 10.0 Å². The molecule has 1 fully saturated rings. The fraction of sp³-hybridized carbons (Fsp3) is 0.571. The highest BCUT2D eigenvalue weighted by Crippen LogP contribution is 2.34. The molecule has 0 amide bonds. The Balaban J connectivity index is 2.15. The SMILES string of the molecule is CC(C)N1CCC(O)(c2ccc(F)c(Cl)c2)CC1. The smallest absolute Gasteiger partial charge is 0.141 e. The van der Waals surface area contributed by atoms with Crippen molar-refractivity contribution in [3.8, 4) is 0 Å². The van der Waals surface area contributed by atoms with E-state index in [-0.39, 0.29) is 5.02 Å². The Morgan fingerprint density at radius 3 is 2.44 bits per heavy atom.